The van der Waals surface area contributed by atoms with Crippen molar-refractivity contribution in [2.75, 3.05) is 17.7 Å². The maximum Gasteiger partial charge on any atom is 0.192 e. The van der Waals surface area contributed by atoms with E-state index in [0.717, 1.165) is 11.3 Å². The van der Waals surface area contributed by atoms with E-state index < -0.39 is 8.32 Å². The van der Waals surface area contributed by atoms with Crippen LogP contribution in [0, 0.1) is 5.41 Å². The summed E-state index contributed by atoms with van der Waals surface area (Å²) in [6.45, 7) is 11.8. The Kier molecular flexibility index (Phi) is 6.74. The fourth-order valence-corrected chi connectivity index (χ4v) is 3.42. The van der Waals surface area contributed by atoms with Crippen LogP contribution in [0.1, 0.15) is 31.9 Å². The third kappa shape index (κ3) is 4.85. The van der Waals surface area contributed by atoms with Crippen LogP contribution >= 0.6 is 0 Å². The van der Waals surface area contributed by atoms with Gasteiger partial charge < -0.3 is 10.2 Å². The maximum absolute atomic E-state index is 7.88. The normalized spacial score (nSPS) is 12.7. The van der Waals surface area contributed by atoms with E-state index in [0.29, 0.717) is 23.8 Å². The molecular weight excluding hydrogens is 366 g/mol. The van der Waals surface area contributed by atoms with Gasteiger partial charge in [-0.3, -0.25) is 15.3 Å². The first-order valence-electron chi connectivity index (χ1n) is 9.31. The van der Waals surface area contributed by atoms with Crippen molar-refractivity contribution in [1.29, 1.82) is 5.41 Å². The Morgan fingerprint density at radius 3 is 2.39 bits per heavy atom. The zero-order valence-corrected chi connectivity index (χ0v) is 18.7. The van der Waals surface area contributed by atoms with Gasteiger partial charge in [-0.2, -0.15) is 0 Å². The van der Waals surface area contributed by atoms with Gasteiger partial charge in [0.2, 0.25) is 0 Å². The molecule has 0 spiro atoms. The average Bonchev–Trinajstić information content (AvgIpc) is 2.65. The predicted molar refractivity (Wildman–Crippen MR) is 121 cm³/mol. The number of hydrogen-bond donors (Lipinski definition) is 2. The highest BCUT2D eigenvalue weighted by molar-refractivity contribution is 6.74. The molecule has 0 bridgehead atoms. The van der Waals surface area contributed by atoms with E-state index in [1.54, 1.807) is 24.2 Å². The molecule has 0 radical (unpaired) electrons. The molecule has 1 aromatic carbocycles. The van der Waals surface area contributed by atoms with Crippen molar-refractivity contribution >= 4 is 32.0 Å². The van der Waals surface area contributed by atoms with E-state index in [1.807, 2.05) is 30.3 Å². The minimum absolute atomic E-state index is 0.181. The van der Waals surface area contributed by atoms with Crippen molar-refractivity contribution in [3.05, 3.63) is 53.7 Å². The monoisotopic (exact) mass is 397 g/mol. The molecule has 0 unspecified atom stereocenters. The van der Waals surface area contributed by atoms with Gasteiger partial charge in [0.05, 0.1) is 18.5 Å². The first kappa shape index (κ1) is 21.8. The molecule has 0 atom stereocenters. The van der Waals surface area contributed by atoms with Crippen LogP contribution in [0.3, 0.4) is 0 Å². The van der Waals surface area contributed by atoms with Crippen LogP contribution in [0.25, 0.3) is 0 Å². The molecule has 1 aromatic heterocycles. The van der Waals surface area contributed by atoms with Crippen LogP contribution in [0.4, 0.5) is 11.5 Å². The Labute approximate surface area is 169 Å². The average molecular weight is 398 g/mol. The van der Waals surface area contributed by atoms with Gasteiger partial charge in [-0.15, -0.1) is 0 Å². The molecule has 2 aromatic rings. The number of nitrogens with two attached hydrogens (primary N) is 1. The van der Waals surface area contributed by atoms with Gasteiger partial charge >= 0.3 is 0 Å². The van der Waals surface area contributed by atoms with Crippen LogP contribution in [0.15, 0.2) is 47.6 Å². The van der Waals surface area contributed by atoms with Crippen LogP contribution in [-0.2, 0) is 11.0 Å². The molecule has 150 valence electrons. The molecule has 0 saturated carbocycles. The highest BCUT2D eigenvalue weighted by Gasteiger charge is 2.37. The van der Waals surface area contributed by atoms with Gasteiger partial charge in [0.25, 0.3) is 0 Å². The predicted octanol–water partition coefficient (Wildman–Crippen LogP) is 4.68. The summed E-state index contributed by atoms with van der Waals surface area (Å²) >= 11 is 0. The Balaban J connectivity index is 2.21. The van der Waals surface area contributed by atoms with Crippen molar-refractivity contribution in [3.8, 4) is 0 Å². The summed E-state index contributed by atoms with van der Waals surface area (Å²) in [5, 5.41) is 8.06. The van der Waals surface area contributed by atoms with Gasteiger partial charge in [0, 0.05) is 18.9 Å². The Morgan fingerprint density at radius 2 is 1.89 bits per heavy atom. The Morgan fingerprint density at radius 1 is 1.25 bits per heavy atom. The van der Waals surface area contributed by atoms with Crippen LogP contribution in [0.5, 0.6) is 0 Å². The lowest BCUT2D eigenvalue weighted by atomic mass is 10.1. The van der Waals surface area contributed by atoms with Crippen molar-refractivity contribution < 1.29 is 4.43 Å². The lowest BCUT2D eigenvalue weighted by Gasteiger charge is -2.36. The summed E-state index contributed by atoms with van der Waals surface area (Å²) in [5.74, 6) is 0.959. The van der Waals surface area contributed by atoms with Crippen molar-refractivity contribution in [2.24, 2.45) is 4.99 Å². The molecule has 6 nitrogen and oxygen atoms in total. The number of amidine groups is 1. The molecular formula is C21H31N5OSi. The molecule has 0 saturated heterocycles. The van der Waals surface area contributed by atoms with Crippen molar-refractivity contribution in [1.82, 2.24) is 4.98 Å². The molecule has 3 N–H and O–H groups in total. The number of pyridine rings is 1. The summed E-state index contributed by atoms with van der Waals surface area (Å²) in [5.41, 5.74) is 8.63. The van der Waals surface area contributed by atoms with E-state index in [2.05, 4.69) is 43.8 Å². The highest BCUT2D eigenvalue weighted by Crippen LogP contribution is 2.37. The van der Waals surface area contributed by atoms with Crippen LogP contribution < -0.4 is 10.6 Å². The molecule has 0 amide bonds. The second kappa shape index (κ2) is 8.66. The van der Waals surface area contributed by atoms with E-state index >= 15 is 0 Å². The lowest BCUT2D eigenvalue weighted by Crippen LogP contribution is -2.40. The summed E-state index contributed by atoms with van der Waals surface area (Å²) in [6.07, 6.45) is 2.87. The van der Waals surface area contributed by atoms with Gasteiger partial charge in [-0.25, -0.2) is 4.98 Å². The molecule has 1 heterocycles. The van der Waals surface area contributed by atoms with Crippen LogP contribution in [0.2, 0.25) is 18.1 Å². The Hall–Kier alpha value is -2.51. The van der Waals surface area contributed by atoms with Gasteiger partial charge in [0.1, 0.15) is 11.7 Å². The second-order valence-electron chi connectivity index (χ2n) is 8.20. The van der Waals surface area contributed by atoms with Crippen LogP contribution in [-0.4, -0.2) is 32.5 Å². The topological polar surface area (TPSA) is 87.6 Å². The third-order valence-electron chi connectivity index (χ3n) is 5.27. The number of benzene rings is 1. The number of nitrogen functional groups attached to an aromatic ring is 1. The minimum Gasteiger partial charge on any atom is -0.413 e. The minimum atomic E-state index is -1.79. The fourth-order valence-electron chi connectivity index (χ4n) is 2.46. The molecule has 2 rings (SSSR count). The number of nitrogens with zero attached hydrogens (tertiary/aromatic N) is 3. The first-order valence-corrected chi connectivity index (χ1v) is 12.2. The fraction of sp³-hybridized carbons (Fsp3) is 0.381. The molecule has 7 heteroatoms. The van der Waals surface area contributed by atoms with Gasteiger partial charge in [-0.05, 0) is 48.0 Å². The third-order valence-corrected chi connectivity index (χ3v) is 9.75. The van der Waals surface area contributed by atoms with E-state index in [-0.39, 0.29) is 5.04 Å². The number of aromatic nitrogens is 1. The summed E-state index contributed by atoms with van der Waals surface area (Å²) < 4.78 is 6.29. The smallest absolute Gasteiger partial charge is 0.192 e. The van der Waals surface area contributed by atoms with E-state index in [4.69, 9.17) is 15.6 Å². The molecule has 28 heavy (non-hydrogen) atoms. The summed E-state index contributed by atoms with van der Waals surface area (Å²) in [4.78, 5) is 10.1. The Bertz CT molecular complexity index is 841. The number of anilines is 2. The lowest BCUT2D eigenvalue weighted by molar-refractivity contribution is 0.276. The number of rotatable bonds is 6. The standard InChI is InChI=1S/C21H31N5OSi/c1-21(2,3)28(5,6)27-14-16-9-11-17(12-10-16)26(15-22)20(24-4)18-8-7-13-25-19(18)23/h7-13,15,22H,14H2,1-6H3,(H2,23,25). The molecule has 0 fully saturated rings. The summed E-state index contributed by atoms with van der Waals surface area (Å²) in [6, 6.07) is 11.6. The summed E-state index contributed by atoms with van der Waals surface area (Å²) in [7, 11) is -0.110. The quantitative estimate of drug-likeness (QED) is 0.421. The molecule has 0 aliphatic rings. The second-order valence-corrected chi connectivity index (χ2v) is 13.0. The SMILES string of the molecule is CN=C(c1cccnc1N)N(C=N)c1ccc(CO[Si](C)(C)C(C)(C)C)cc1. The largest absolute Gasteiger partial charge is 0.413 e. The zero-order valence-electron chi connectivity index (χ0n) is 17.7. The van der Waals surface area contributed by atoms with Crippen molar-refractivity contribution in [3.63, 3.8) is 0 Å². The number of hydrogen-bond acceptors (Lipinski definition) is 5. The van der Waals surface area contributed by atoms with Gasteiger partial charge in [0.15, 0.2) is 8.32 Å². The number of nitrogens with one attached hydrogen (secondary N) is 1. The maximum atomic E-state index is 7.88. The van der Waals surface area contributed by atoms with Gasteiger partial charge in [-0.1, -0.05) is 32.9 Å². The zero-order chi connectivity index (χ0) is 20.9. The molecule has 0 aliphatic heterocycles. The highest BCUT2D eigenvalue weighted by atomic mass is 28.4. The first-order chi connectivity index (χ1) is 13.1. The van der Waals surface area contributed by atoms with E-state index in [1.165, 1.54) is 6.34 Å². The van der Waals surface area contributed by atoms with Crippen molar-refractivity contribution in [2.45, 2.75) is 45.5 Å². The van der Waals surface area contributed by atoms with E-state index in [9.17, 15) is 0 Å². The number of aliphatic imine (C=N–C) groups is 1. The molecule has 0 aliphatic carbocycles.